The SMILES string of the molecule is CCCOc1ccc(CNC(=O)Cc2ccc(OC)c(S(=O)(=O)N3CCOCC3)c2)cc1OC. The molecule has 1 heterocycles. The van der Waals surface area contributed by atoms with Crippen LogP contribution >= 0.6 is 0 Å². The average molecular weight is 493 g/mol. The van der Waals surface area contributed by atoms with Crippen LogP contribution in [0.15, 0.2) is 41.3 Å². The zero-order valence-electron chi connectivity index (χ0n) is 19.8. The number of morpholine rings is 1. The number of nitrogens with zero attached hydrogens (tertiary/aromatic N) is 1. The third-order valence-electron chi connectivity index (χ3n) is 5.36. The van der Waals surface area contributed by atoms with E-state index in [9.17, 15) is 13.2 Å². The van der Waals surface area contributed by atoms with Gasteiger partial charge in [0.2, 0.25) is 15.9 Å². The lowest BCUT2D eigenvalue weighted by molar-refractivity contribution is -0.120. The molecule has 2 aromatic rings. The van der Waals surface area contributed by atoms with Gasteiger partial charge in [0.15, 0.2) is 11.5 Å². The van der Waals surface area contributed by atoms with Gasteiger partial charge in [-0.25, -0.2) is 8.42 Å². The van der Waals surface area contributed by atoms with Crippen molar-refractivity contribution >= 4 is 15.9 Å². The zero-order valence-corrected chi connectivity index (χ0v) is 20.7. The van der Waals surface area contributed by atoms with Crippen LogP contribution in [0.5, 0.6) is 17.2 Å². The van der Waals surface area contributed by atoms with Crippen LogP contribution in [0.25, 0.3) is 0 Å². The summed E-state index contributed by atoms with van der Waals surface area (Å²) in [7, 11) is -0.770. The zero-order chi connectivity index (χ0) is 24.6. The Labute approximate surface area is 201 Å². The third-order valence-corrected chi connectivity index (χ3v) is 7.28. The molecule has 0 atom stereocenters. The smallest absolute Gasteiger partial charge is 0.246 e. The Kier molecular flexibility index (Phi) is 9.14. The molecule has 0 aromatic heterocycles. The Bertz CT molecular complexity index is 1080. The maximum Gasteiger partial charge on any atom is 0.246 e. The molecule has 0 unspecified atom stereocenters. The van der Waals surface area contributed by atoms with Gasteiger partial charge in [-0.3, -0.25) is 4.79 Å². The van der Waals surface area contributed by atoms with Gasteiger partial charge >= 0.3 is 0 Å². The topological polar surface area (TPSA) is 103 Å². The highest BCUT2D eigenvalue weighted by molar-refractivity contribution is 7.89. The lowest BCUT2D eigenvalue weighted by Crippen LogP contribution is -2.40. The first-order valence-electron chi connectivity index (χ1n) is 11.2. The number of hydrogen-bond acceptors (Lipinski definition) is 7. The molecule has 0 saturated carbocycles. The molecule has 0 radical (unpaired) electrons. The molecule has 2 aromatic carbocycles. The molecule has 9 nitrogen and oxygen atoms in total. The van der Waals surface area contributed by atoms with Crippen molar-refractivity contribution in [3.8, 4) is 17.2 Å². The summed E-state index contributed by atoms with van der Waals surface area (Å²) >= 11 is 0. The molecule has 1 aliphatic heterocycles. The Morgan fingerprint density at radius 1 is 1.00 bits per heavy atom. The molecule has 10 heteroatoms. The van der Waals surface area contributed by atoms with Crippen molar-refractivity contribution in [2.24, 2.45) is 0 Å². The van der Waals surface area contributed by atoms with Gasteiger partial charge in [0.25, 0.3) is 0 Å². The fourth-order valence-electron chi connectivity index (χ4n) is 3.56. The van der Waals surface area contributed by atoms with Crippen LogP contribution in [0.1, 0.15) is 24.5 Å². The normalized spacial score (nSPS) is 14.4. The lowest BCUT2D eigenvalue weighted by Gasteiger charge is -2.26. The maximum atomic E-state index is 13.1. The van der Waals surface area contributed by atoms with Crippen LogP contribution in [-0.4, -0.2) is 65.8 Å². The summed E-state index contributed by atoms with van der Waals surface area (Å²) in [6.07, 6.45) is 0.923. The van der Waals surface area contributed by atoms with E-state index >= 15 is 0 Å². The number of nitrogens with one attached hydrogen (secondary N) is 1. The van der Waals surface area contributed by atoms with E-state index in [1.165, 1.54) is 17.5 Å². The molecular weight excluding hydrogens is 460 g/mol. The van der Waals surface area contributed by atoms with Gasteiger partial charge in [0.05, 0.1) is 40.5 Å². The molecule has 1 saturated heterocycles. The van der Waals surface area contributed by atoms with Crippen molar-refractivity contribution in [2.45, 2.75) is 31.2 Å². The number of sulfonamides is 1. The van der Waals surface area contributed by atoms with Crippen molar-refractivity contribution < 1.29 is 32.2 Å². The minimum Gasteiger partial charge on any atom is -0.495 e. The van der Waals surface area contributed by atoms with E-state index in [1.54, 1.807) is 19.2 Å². The monoisotopic (exact) mass is 492 g/mol. The number of ether oxygens (including phenoxy) is 4. The van der Waals surface area contributed by atoms with Gasteiger partial charge in [-0.1, -0.05) is 19.1 Å². The minimum absolute atomic E-state index is 0.0322. The average Bonchev–Trinajstić information content (AvgIpc) is 2.86. The molecule has 1 amide bonds. The van der Waals surface area contributed by atoms with E-state index in [4.69, 9.17) is 18.9 Å². The molecular formula is C24H32N2O7S. The molecule has 0 aliphatic carbocycles. The van der Waals surface area contributed by atoms with Crippen LogP contribution in [0.4, 0.5) is 0 Å². The fourth-order valence-corrected chi connectivity index (χ4v) is 5.17. The quantitative estimate of drug-likeness (QED) is 0.514. The van der Waals surface area contributed by atoms with Gasteiger partial charge in [0.1, 0.15) is 10.6 Å². The molecule has 1 N–H and O–H groups in total. The molecule has 0 bridgehead atoms. The van der Waals surface area contributed by atoms with Crippen LogP contribution in [-0.2, 0) is 32.5 Å². The van der Waals surface area contributed by atoms with E-state index < -0.39 is 10.0 Å². The Balaban J connectivity index is 1.67. The number of carbonyl (C=O) groups excluding carboxylic acids is 1. The first-order valence-corrected chi connectivity index (χ1v) is 12.6. The second-order valence-corrected chi connectivity index (χ2v) is 9.70. The minimum atomic E-state index is -3.77. The van der Waals surface area contributed by atoms with E-state index in [0.717, 1.165) is 12.0 Å². The van der Waals surface area contributed by atoms with Gasteiger partial charge in [-0.15, -0.1) is 0 Å². The van der Waals surface area contributed by atoms with Crippen molar-refractivity contribution in [1.82, 2.24) is 9.62 Å². The number of benzene rings is 2. The van der Waals surface area contributed by atoms with Crippen LogP contribution in [0.3, 0.4) is 0 Å². The van der Waals surface area contributed by atoms with Crippen LogP contribution in [0, 0.1) is 0 Å². The molecule has 3 rings (SSSR count). The Morgan fingerprint density at radius 3 is 2.35 bits per heavy atom. The van der Waals surface area contributed by atoms with Crippen LogP contribution in [0.2, 0.25) is 0 Å². The van der Waals surface area contributed by atoms with Crippen molar-refractivity contribution in [2.75, 3.05) is 47.1 Å². The molecule has 0 spiro atoms. The number of carbonyl (C=O) groups is 1. The lowest BCUT2D eigenvalue weighted by atomic mass is 10.1. The maximum absolute atomic E-state index is 13.1. The first kappa shape index (κ1) is 25.8. The Hall–Kier alpha value is -2.82. The van der Waals surface area contributed by atoms with Crippen molar-refractivity contribution in [1.29, 1.82) is 0 Å². The second-order valence-electron chi connectivity index (χ2n) is 7.79. The van der Waals surface area contributed by atoms with Crippen molar-refractivity contribution in [3.05, 3.63) is 47.5 Å². The Morgan fingerprint density at radius 2 is 1.68 bits per heavy atom. The molecule has 186 valence electrons. The van der Waals surface area contributed by atoms with E-state index in [1.807, 2.05) is 25.1 Å². The summed E-state index contributed by atoms with van der Waals surface area (Å²) in [5.41, 5.74) is 1.44. The van der Waals surface area contributed by atoms with E-state index in [2.05, 4.69) is 5.32 Å². The van der Waals surface area contributed by atoms with Gasteiger partial charge < -0.3 is 24.3 Å². The van der Waals surface area contributed by atoms with Gasteiger partial charge in [-0.2, -0.15) is 4.31 Å². The molecule has 34 heavy (non-hydrogen) atoms. The fraction of sp³-hybridized carbons (Fsp3) is 0.458. The molecule has 1 aliphatic rings. The van der Waals surface area contributed by atoms with Gasteiger partial charge in [-0.05, 0) is 41.8 Å². The largest absolute Gasteiger partial charge is 0.495 e. The van der Waals surface area contributed by atoms with Crippen LogP contribution < -0.4 is 19.5 Å². The second kappa shape index (κ2) is 12.0. The standard InChI is InChI=1S/C24H32N2O7S/c1-4-11-33-20-7-6-19(14-22(20)31-3)17-25-24(27)16-18-5-8-21(30-2)23(15-18)34(28,29)26-9-12-32-13-10-26/h5-8,14-15H,4,9-13,16-17H2,1-3H3,(H,25,27). The number of rotatable bonds is 11. The summed E-state index contributed by atoms with van der Waals surface area (Å²) in [6, 6.07) is 10.3. The summed E-state index contributed by atoms with van der Waals surface area (Å²) in [6.45, 7) is 4.18. The van der Waals surface area contributed by atoms with E-state index in [-0.39, 0.29) is 36.1 Å². The summed E-state index contributed by atoms with van der Waals surface area (Å²) in [4.78, 5) is 12.6. The summed E-state index contributed by atoms with van der Waals surface area (Å²) in [5, 5.41) is 2.87. The molecule has 1 fully saturated rings. The highest BCUT2D eigenvalue weighted by atomic mass is 32.2. The predicted octanol–water partition coefficient (Wildman–Crippen LogP) is 2.37. The summed E-state index contributed by atoms with van der Waals surface area (Å²) < 4.78 is 49.2. The van der Waals surface area contributed by atoms with Crippen molar-refractivity contribution in [3.63, 3.8) is 0 Å². The summed E-state index contributed by atoms with van der Waals surface area (Å²) in [5.74, 6) is 1.28. The highest BCUT2D eigenvalue weighted by Gasteiger charge is 2.29. The van der Waals surface area contributed by atoms with E-state index in [0.29, 0.717) is 43.4 Å². The number of methoxy groups -OCH3 is 2. The first-order chi connectivity index (χ1) is 16.4. The third kappa shape index (κ3) is 6.40. The predicted molar refractivity (Wildman–Crippen MR) is 127 cm³/mol. The highest BCUT2D eigenvalue weighted by Crippen LogP contribution is 2.29. The number of amides is 1. The van der Waals surface area contributed by atoms with Gasteiger partial charge in [0, 0.05) is 19.6 Å². The number of hydrogen-bond donors (Lipinski definition) is 1.